The van der Waals surface area contributed by atoms with Crippen molar-refractivity contribution >= 4 is 13.5 Å². The molecular weight excluding hydrogens is 193 g/mol. The van der Waals surface area contributed by atoms with Gasteiger partial charge in [-0.25, -0.2) is 0 Å². The van der Waals surface area contributed by atoms with Crippen LogP contribution < -0.4 is 5.32 Å². The fourth-order valence-corrected chi connectivity index (χ4v) is 1.54. The predicted molar refractivity (Wildman–Crippen MR) is 49.4 cm³/mol. The Balaban J connectivity index is 3.27. The largest absolute Gasteiger partial charge is 0.359 e. The third-order valence-electron chi connectivity index (χ3n) is 1.63. The SMILES string of the molecule is CNC(=O)CCCCCP(=O)(O)O. The summed E-state index contributed by atoms with van der Waals surface area (Å²) in [4.78, 5) is 27.7. The van der Waals surface area contributed by atoms with Crippen molar-refractivity contribution in [2.75, 3.05) is 13.2 Å². The zero-order chi connectivity index (χ0) is 10.3. The molecule has 0 saturated carbocycles. The highest BCUT2D eigenvalue weighted by Gasteiger charge is 2.11. The van der Waals surface area contributed by atoms with Gasteiger partial charge in [-0.1, -0.05) is 6.42 Å². The molecule has 0 radical (unpaired) electrons. The van der Waals surface area contributed by atoms with E-state index in [4.69, 9.17) is 9.79 Å². The molecule has 0 aromatic carbocycles. The second-order valence-corrected chi connectivity index (χ2v) is 4.65. The van der Waals surface area contributed by atoms with Gasteiger partial charge in [-0.05, 0) is 12.8 Å². The first kappa shape index (κ1) is 12.6. The lowest BCUT2D eigenvalue weighted by Gasteiger charge is -2.02. The van der Waals surface area contributed by atoms with Gasteiger partial charge in [-0.2, -0.15) is 0 Å². The average Bonchev–Trinajstić information content (AvgIpc) is 2.01. The van der Waals surface area contributed by atoms with Crippen LogP contribution in [0.2, 0.25) is 0 Å². The average molecular weight is 209 g/mol. The van der Waals surface area contributed by atoms with Crippen LogP contribution in [0, 0.1) is 0 Å². The molecule has 0 spiro atoms. The molecule has 0 aliphatic rings. The molecule has 5 nitrogen and oxygen atoms in total. The second kappa shape index (κ2) is 6.13. The summed E-state index contributed by atoms with van der Waals surface area (Å²) in [5.74, 6) is -0.0313. The summed E-state index contributed by atoms with van der Waals surface area (Å²) < 4.78 is 10.4. The first-order valence-corrected chi connectivity index (χ1v) is 6.00. The maximum absolute atomic E-state index is 10.7. The monoisotopic (exact) mass is 209 g/mol. The lowest BCUT2D eigenvalue weighted by Crippen LogP contribution is -2.16. The van der Waals surface area contributed by atoms with Gasteiger partial charge in [0.05, 0.1) is 0 Å². The Morgan fingerprint density at radius 3 is 2.38 bits per heavy atom. The van der Waals surface area contributed by atoms with Gasteiger partial charge in [-0.15, -0.1) is 0 Å². The summed E-state index contributed by atoms with van der Waals surface area (Å²) in [5, 5.41) is 2.48. The zero-order valence-corrected chi connectivity index (χ0v) is 8.59. The van der Waals surface area contributed by atoms with Gasteiger partial charge >= 0.3 is 7.60 Å². The first-order valence-electron chi connectivity index (χ1n) is 4.21. The number of carbonyl (C=O) groups excluding carboxylic acids is 1. The van der Waals surface area contributed by atoms with Gasteiger partial charge < -0.3 is 15.1 Å². The fourth-order valence-electron chi connectivity index (χ4n) is 0.905. The fraction of sp³-hybridized carbons (Fsp3) is 0.857. The molecule has 3 N–H and O–H groups in total. The van der Waals surface area contributed by atoms with E-state index in [1.807, 2.05) is 0 Å². The number of carbonyl (C=O) groups is 1. The van der Waals surface area contributed by atoms with Gasteiger partial charge in [0.2, 0.25) is 5.91 Å². The smallest absolute Gasteiger partial charge is 0.325 e. The van der Waals surface area contributed by atoms with Gasteiger partial charge in [0.25, 0.3) is 0 Å². The van der Waals surface area contributed by atoms with Crippen LogP contribution in [0.5, 0.6) is 0 Å². The number of amides is 1. The molecule has 6 heteroatoms. The summed E-state index contributed by atoms with van der Waals surface area (Å²) in [7, 11) is -2.27. The van der Waals surface area contributed by atoms with Crippen LogP contribution in [0.4, 0.5) is 0 Å². The normalized spacial score (nSPS) is 11.3. The quantitative estimate of drug-likeness (QED) is 0.438. The van der Waals surface area contributed by atoms with Crippen LogP contribution in [0.1, 0.15) is 25.7 Å². The third-order valence-corrected chi connectivity index (χ3v) is 2.53. The van der Waals surface area contributed by atoms with Gasteiger partial charge in [0.15, 0.2) is 0 Å². The summed E-state index contributed by atoms with van der Waals surface area (Å²) in [6.07, 6.45) is 2.18. The van der Waals surface area contributed by atoms with E-state index in [0.717, 1.165) is 0 Å². The van der Waals surface area contributed by atoms with Crippen molar-refractivity contribution in [2.24, 2.45) is 0 Å². The van der Waals surface area contributed by atoms with E-state index < -0.39 is 7.60 Å². The minimum Gasteiger partial charge on any atom is -0.359 e. The number of hydrogen-bond donors (Lipinski definition) is 3. The van der Waals surface area contributed by atoms with Crippen LogP contribution in [0.25, 0.3) is 0 Å². The summed E-state index contributed by atoms with van der Waals surface area (Å²) in [6.45, 7) is 0. The molecule has 0 aliphatic carbocycles. The van der Waals surface area contributed by atoms with Gasteiger partial charge in [-0.3, -0.25) is 9.36 Å². The Morgan fingerprint density at radius 1 is 1.31 bits per heavy atom. The maximum atomic E-state index is 10.7. The molecule has 0 aromatic heterocycles. The van der Waals surface area contributed by atoms with E-state index in [2.05, 4.69) is 5.32 Å². The van der Waals surface area contributed by atoms with E-state index in [0.29, 0.717) is 25.7 Å². The molecular formula is C7H16NO4P. The molecule has 1 amide bonds. The second-order valence-electron chi connectivity index (χ2n) is 2.87. The van der Waals surface area contributed by atoms with Crippen molar-refractivity contribution < 1.29 is 19.1 Å². The summed E-state index contributed by atoms with van der Waals surface area (Å²) in [5.41, 5.74) is 0. The van der Waals surface area contributed by atoms with E-state index in [1.165, 1.54) is 0 Å². The molecule has 0 bridgehead atoms. The molecule has 0 saturated heterocycles. The van der Waals surface area contributed by atoms with Crippen molar-refractivity contribution in [2.45, 2.75) is 25.7 Å². The molecule has 78 valence electrons. The van der Waals surface area contributed by atoms with Crippen LogP contribution in [0.3, 0.4) is 0 Å². The lowest BCUT2D eigenvalue weighted by molar-refractivity contribution is -0.120. The third kappa shape index (κ3) is 9.53. The highest BCUT2D eigenvalue weighted by Crippen LogP contribution is 2.35. The van der Waals surface area contributed by atoms with Crippen LogP contribution in [-0.4, -0.2) is 28.9 Å². The van der Waals surface area contributed by atoms with Crippen molar-refractivity contribution in [3.05, 3.63) is 0 Å². The molecule has 0 fully saturated rings. The minimum absolute atomic E-state index is 0.0313. The van der Waals surface area contributed by atoms with Crippen molar-refractivity contribution in [1.82, 2.24) is 5.32 Å². The van der Waals surface area contributed by atoms with Gasteiger partial charge in [0.1, 0.15) is 0 Å². The molecule has 13 heavy (non-hydrogen) atoms. The first-order chi connectivity index (χ1) is 5.95. The summed E-state index contributed by atoms with van der Waals surface area (Å²) in [6, 6.07) is 0. The van der Waals surface area contributed by atoms with Crippen molar-refractivity contribution in [1.29, 1.82) is 0 Å². The summed E-state index contributed by atoms with van der Waals surface area (Å²) >= 11 is 0. The van der Waals surface area contributed by atoms with E-state index in [-0.39, 0.29) is 12.1 Å². The van der Waals surface area contributed by atoms with Crippen LogP contribution >= 0.6 is 7.60 Å². The van der Waals surface area contributed by atoms with Crippen LogP contribution in [-0.2, 0) is 9.36 Å². The van der Waals surface area contributed by atoms with E-state index >= 15 is 0 Å². The van der Waals surface area contributed by atoms with E-state index in [1.54, 1.807) is 7.05 Å². The molecule has 0 rings (SSSR count). The highest BCUT2D eigenvalue weighted by molar-refractivity contribution is 7.51. The predicted octanol–water partition coefficient (Wildman–Crippen LogP) is 0.470. The number of rotatable bonds is 6. The maximum Gasteiger partial charge on any atom is 0.325 e. The number of unbranched alkanes of at least 4 members (excludes halogenated alkanes) is 2. The number of nitrogens with one attached hydrogen (secondary N) is 1. The highest BCUT2D eigenvalue weighted by atomic mass is 31.2. The van der Waals surface area contributed by atoms with Crippen LogP contribution in [0.15, 0.2) is 0 Å². The minimum atomic E-state index is -3.84. The zero-order valence-electron chi connectivity index (χ0n) is 7.69. The van der Waals surface area contributed by atoms with Crippen molar-refractivity contribution in [3.63, 3.8) is 0 Å². The lowest BCUT2D eigenvalue weighted by atomic mass is 10.2. The van der Waals surface area contributed by atoms with Crippen molar-refractivity contribution in [3.8, 4) is 0 Å². The molecule has 0 aliphatic heterocycles. The molecule has 0 aromatic rings. The Hall–Kier alpha value is -0.380. The standard InChI is InChI=1S/C7H16NO4P/c1-8-7(9)5-3-2-4-6-13(10,11)12/h2-6H2,1H3,(H,8,9)(H2,10,11,12). The molecule has 0 atom stereocenters. The Bertz CT molecular complexity index is 201. The number of hydrogen-bond acceptors (Lipinski definition) is 2. The topological polar surface area (TPSA) is 86.6 Å². The van der Waals surface area contributed by atoms with Gasteiger partial charge in [0, 0.05) is 19.6 Å². The van der Waals surface area contributed by atoms with E-state index in [9.17, 15) is 9.36 Å². The molecule has 0 unspecified atom stereocenters. The Morgan fingerprint density at radius 2 is 1.92 bits per heavy atom. The Labute approximate surface area is 77.7 Å². The Kier molecular flexibility index (Phi) is 5.95. The molecule has 0 heterocycles.